The molecule has 4 heteroatoms. The normalized spacial score (nSPS) is 12.4. The predicted octanol–water partition coefficient (Wildman–Crippen LogP) is 5.88. The van der Waals surface area contributed by atoms with Crippen LogP contribution in [-0.4, -0.2) is 5.88 Å². The second-order valence-corrected chi connectivity index (χ2v) is 6.45. The van der Waals surface area contributed by atoms with Crippen molar-refractivity contribution in [3.8, 4) is 0 Å². The van der Waals surface area contributed by atoms with Crippen molar-refractivity contribution in [1.29, 1.82) is 0 Å². The van der Waals surface area contributed by atoms with E-state index >= 15 is 0 Å². The van der Waals surface area contributed by atoms with Gasteiger partial charge in [0, 0.05) is 15.4 Å². The minimum absolute atomic E-state index is 0.189. The standard InChI is InChI=1S/C16H14BrCl2F/c17-14-4-3-13(16(20)9-14)8-12(10-18)7-11-1-5-15(19)6-2-11/h1-6,9,12H,7-8,10H2. The summed E-state index contributed by atoms with van der Waals surface area (Å²) in [6.07, 6.45) is 1.45. The van der Waals surface area contributed by atoms with E-state index in [-0.39, 0.29) is 11.7 Å². The molecule has 0 heterocycles. The third-order valence-electron chi connectivity index (χ3n) is 3.18. The van der Waals surface area contributed by atoms with Crippen LogP contribution in [0.4, 0.5) is 4.39 Å². The fraction of sp³-hybridized carbons (Fsp3) is 0.250. The summed E-state index contributed by atoms with van der Waals surface area (Å²) in [6, 6.07) is 12.8. The van der Waals surface area contributed by atoms with E-state index in [9.17, 15) is 4.39 Å². The summed E-state index contributed by atoms with van der Waals surface area (Å²) in [5.41, 5.74) is 1.87. The van der Waals surface area contributed by atoms with Gasteiger partial charge in [-0.25, -0.2) is 4.39 Å². The first-order chi connectivity index (χ1) is 9.58. The van der Waals surface area contributed by atoms with Crippen molar-refractivity contribution >= 4 is 39.1 Å². The lowest BCUT2D eigenvalue weighted by Gasteiger charge is -2.15. The summed E-state index contributed by atoms with van der Waals surface area (Å²) >= 11 is 15.2. The zero-order valence-electron chi connectivity index (χ0n) is 10.8. The van der Waals surface area contributed by atoms with Crippen LogP contribution in [-0.2, 0) is 12.8 Å². The molecule has 0 radical (unpaired) electrons. The molecule has 1 atom stereocenters. The van der Waals surface area contributed by atoms with Crippen LogP contribution in [0.3, 0.4) is 0 Å². The zero-order chi connectivity index (χ0) is 14.5. The second-order valence-electron chi connectivity index (χ2n) is 4.79. The number of rotatable bonds is 5. The van der Waals surface area contributed by atoms with Crippen LogP contribution in [0.1, 0.15) is 11.1 Å². The lowest BCUT2D eigenvalue weighted by molar-refractivity contribution is 0.546. The highest BCUT2D eigenvalue weighted by atomic mass is 79.9. The summed E-state index contributed by atoms with van der Waals surface area (Å²) < 4.78 is 14.6. The maximum Gasteiger partial charge on any atom is 0.127 e. The Morgan fingerprint density at radius 2 is 1.75 bits per heavy atom. The molecule has 0 nitrogen and oxygen atoms in total. The Balaban J connectivity index is 2.07. The molecule has 2 rings (SSSR count). The quantitative estimate of drug-likeness (QED) is 0.572. The summed E-state index contributed by atoms with van der Waals surface area (Å²) in [5.74, 6) is 0.511. The van der Waals surface area contributed by atoms with Crippen LogP contribution in [0.25, 0.3) is 0 Å². The molecule has 0 aliphatic carbocycles. The molecule has 106 valence electrons. The Kier molecular flexibility index (Phi) is 5.88. The van der Waals surface area contributed by atoms with E-state index in [2.05, 4.69) is 15.9 Å². The van der Waals surface area contributed by atoms with Gasteiger partial charge in [-0.05, 0) is 54.2 Å². The second kappa shape index (κ2) is 7.44. The van der Waals surface area contributed by atoms with Gasteiger partial charge in [-0.15, -0.1) is 11.6 Å². The third kappa shape index (κ3) is 4.47. The van der Waals surface area contributed by atoms with Crippen molar-refractivity contribution in [2.45, 2.75) is 12.8 Å². The maximum absolute atomic E-state index is 13.8. The lowest BCUT2D eigenvalue weighted by atomic mass is 9.94. The Bertz CT molecular complexity index is 569. The van der Waals surface area contributed by atoms with Crippen LogP contribution in [0, 0.1) is 11.7 Å². The summed E-state index contributed by atoms with van der Waals surface area (Å²) in [6.45, 7) is 0. The van der Waals surface area contributed by atoms with Gasteiger partial charge in [-0.3, -0.25) is 0 Å². The number of alkyl halides is 1. The van der Waals surface area contributed by atoms with E-state index in [1.807, 2.05) is 30.3 Å². The minimum Gasteiger partial charge on any atom is -0.207 e. The number of hydrogen-bond acceptors (Lipinski definition) is 0. The molecule has 0 bridgehead atoms. The van der Waals surface area contributed by atoms with Crippen molar-refractivity contribution in [1.82, 2.24) is 0 Å². The molecule has 0 aliphatic rings. The Morgan fingerprint density at radius 1 is 1.05 bits per heavy atom. The van der Waals surface area contributed by atoms with E-state index in [0.29, 0.717) is 17.9 Å². The van der Waals surface area contributed by atoms with Crippen molar-refractivity contribution in [2.75, 3.05) is 5.88 Å². The van der Waals surface area contributed by atoms with Crippen LogP contribution in [0.5, 0.6) is 0 Å². The first-order valence-corrected chi connectivity index (χ1v) is 8.03. The molecular weight excluding hydrogens is 362 g/mol. The molecule has 0 fully saturated rings. The first kappa shape index (κ1) is 15.8. The Morgan fingerprint density at radius 3 is 2.35 bits per heavy atom. The third-order valence-corrected chi connectivity index (χ3v) is 4.36. The van der Waals surface area contributed by atoms with Gasteiger partial charge < -0.3 is 0 Å². The van der Waals surface area contributed by atoms with E-state index < -0.39 is 0 Å². The molecule has 0 amide bonds. The molecule has 20 heavy (non-hydrogen) atoms. The van der Waals surface area contributed by atoms with Crippen molar-refractivity contribution in [3.05, 3.63) is 68.9 Å². The maximum atomic E-state index is 13.8. The minimum atomic E-state index is -0.189. The predicted molar refractivity (Wildman–Crippen MR) is 87.2 cm³/mol. The van der Waals surface area contributed by atoms with E-state index in [1.54, 1.807) is 6.07 Å². The van der Waals surface area contributed by atoms with Crippen molar-refractivity contribution in [3.63, 3.8) is 0 Å². The van der Waals surface area contributed by atoms with Gasteiger partial charge in [-0.1, -0.05) is 45.7 Å². The highest BCUT2D eigenvalue weighted by Crippen LogP contribution is 2.21. The monoisotopic (exact) mass is 374 g/mol. The summed E-state index contributed by atoms with van der Waals surface area (Å²) in [4.78, 5) is 0. The largest absolute Gasteiger partial charge is 0.207 e. The van der Waals surface area contributed by atoms with E-state index in [4.69, 9.17) is 23.2 Å². The highest BCUT2D eigenvalue weighted by Gasteiger charge is 2.13. The van der Waals surface area contributed by atoms with Crippen LogP contribution in [0.15, 0.2) is 46.9 Å². The molecule has 2 aromatic carbocycles. The SMILES string of the molecule is Fc1cc(Br)ccc1CC(CCl)Cc1ccc(Cl)cc1. The topological polar surface area (TPSA) is 0 Å². The lowest BCUT2D eigenvalue weighted by Crippen LogP contribution is -2.11. The van der Waals surface area contributed by atoms with Crippen LogP contribution >= 0.6 is 39.1 Å². The zero-order valence-corrected chi connectivity index (χ0v) is 13.8. The number of benzene rings is 2. The van der Waals surface area contributed by atoms with Gasteiger partial charge in [0.2, 0.25) is 0 Å². The van der Waals surface area contributed by atoms with Gasteiger partial charge in [0.1, 0.15) is 5.82 Å². The van der Waals surface area contributed by atoms with Gasteiger partial charge in [0.05, 0.1) is 0 Å². The summed E-state index contributed by atoms with van der Waals surface area (Å²) in [7, 11) is 0. The van der Waals surface area contributed by atoms with E-state index in [1.165, 1.54) is 6.07 Å². The average molecular weight is 376 g/mol. The van der Waals surface area contributed by atoms with E-state index in [0.717, 1.165) is 21.5 Å². The number of hydrogen-bond donors (Lipinski definition) is 0. The fourth-order valence-electron chi connectivity index (χ4n) is 2.13. The molecule has 0 N–H and O–H groups in total. The molecule has 0 saturated carbocycles. The fourth-order valence-corrected chi connectivity index (χ4v) is 2.81. The van der Waals surface area contributed by atoms with Crippen LogP contribution < -0.4 is 0 Å². The smallest absolute Gasteiger partial charge is 0.127 e. The molecule has 2 aromatic rings. The van der Waals surface area contributed by atoms with Gasteiger partial charge in [0.15, 0.2) is 0 Å². The average Bonchev–Trinajstić information content (AvgIpc) is 2.43. The molecule has 1 unspecified atom stereocenters. The van der Waals surface area contributed by atoms with Crippen molar-refractivity contribution in [2.24, 2.45) is 5.92 Å². The van der Waals surface area contributed by atoms with Gasteiger partial charge in [0.25, 0.3) is 0 Å². The van der Waals surface area contributed by atoms with Gasteiger partial charge in [-0.2, -0.15) is 0 Å². The number of halogens is 4. The molecule has 0 aliphatic heterocycles. The highest BCUT2D eigenvalue weighted by molar-refractivity contribution is 9.10. The molecule has 0 aromatic heterocycles. The summed E-state index contributed by atoms with van der Waals surface area (Å²) in [5, 5.41) is 0.718. The Hall–Kier alpha value is -0.570. The molecule has 0 saturated heterocycles. The first-order valence-electron chi connectivity index (χ1n) is 6.33. The van der Waals surface area contributed by atoms with Crippen molar-refractivity contribution < 1.29 is 4.39 Å². The molecule has 0 spiro atoms. The van der Waals surface area contributed by atoms with Crippen LogP contribution in [0.2, 0.25) is 5.02 Å². The Labute approximate surface area is 137 Å². The van der Waals surface area contributed by atoms with Gasteiger partial charge >= 0.3 is 0 Å². The molecular formula is C16H14BrCl2F.